The third-order valence-electron chi connectivity index (χ3n) is 3.07. The van der Waals surface area contributed by atoms with Crippen molar-refractivity contribution in [1.29, 1.82) is 0 Å². The maximum absolute atomic E-state index is 12.0. The number of hydrogen-bond donors (Lipinski definition) is 1. The van der Waals surface area contributed by atoms with E-state index in [-0.39, 0.29) is 0 Å². The fourth-order valence-corrected chi connectivity index (χ4v) is 4.04. The highest BCUT2D eigenvalue weighted by molar-refractivity contribution is 7.85. The van der Waals surface area contributed by atoms with Crippen LogP contribution in [0.3, 0.4) is 0 Å². The molecule has 2 nitrogen and oxygen atoms in total. The molecule has 0 saturated heterocycles. The van der Waals surface area contributed by atoms with E-state index in [1.165, 1.54) is 25.7 Å². The highest BCUT2D eigenvalue weighted by Crippen LogP contribution is 2.22. The van der Waals surface area contributed by atoms with Crippen LogP contribution in [0.1, 0.15) is 45.4 Å². The zero-order chi connectivity index (χ0) is 10.4. The molecular weight excluding hydrogens is 194 g/mol. The molecule has 14 heavy (non-hydrogen) atoms. The molecule has 0 aliphatic heterocycles. The van der Waals surface area contributed by atoms with Gasteiger partial charge >= 0.3 is 0 Å². The van der Waals surface area contributed by atoms with E-state index in [0.29, 0.717) is 11.3 Å². The summed E-state index contributed by atoms with van der Waals surface area (Å²) in [6.07, 6.45) is 7.27. The van der Waals surface area contributed by atoms with Gasteiger partial charge in [-0.25, -0.2) is 0 Å². The van der Waals surface area contributed by atoms with E-state index in [9.17, 15) is 4.21 Å². The van der Waals surface area contributed by atoms with Crippen molar-refractivity contribution >= 4 is 10.8 Å². The van der Waals surface area contributed by atoms with Crippen LogP contribution in [0.15, 0.2) is 0 Å². The zero-order valence-corrected chi connectivity index (χ0v) is 10.2. The van der Waals surface area contributed by atoms with E-state index < -0.39 is 10.8 Å². The van der Waals surface area contributed by atoms with Crippen LogP contribution in [0.25, 0.3) is 0 Å². The summed E-state index contributed by atoms with van der Waals surface area (Å²) in [5.74, 6) is 0.878. The molecule has 1 fully saturated rings. The molecule has 0 aromatic carbocycles. The summed E-state index contributed by atoms with van der Waals surface area (Å²) in [4.78, 5) is 0. The van der Waals surface area contributed by atoms with Crippen molar-refractivity contribution in [3.63, 3.8) is 0 Å². The Morgan fingerprint density at radius 1 is 1.29 bits per heavy atom. The zero-order valence-electron chi connectivity index (χ0n) is 9.42. The van der Waals surface area contributed by atoms with Crippen LogP contribution in [0.4, 0.5) is 0 Å². The Balaban J connectivity index is 2.55. The van der Waals surface area contributed by atoms with E-state index >= 15 is 0 Å². The van der Waals surface area contributed by atoms with E-state index in [2.05, 4.69) is 12.2 Å². The van der Waals surface area contributed by atoms with Crippen LogP contribution >= 0.6 is 0 Å². The summed E-state index contributed by atoms with van der Waals surface area (Å²) in [7, 11) is 1.40. The van der Waals surface area contributed by atoms with Crippen LogP contribution in [0, 0.1) is 0 Å². The van der Waals surface area contributed by atoms with Gasteiger partial charge in [0.05, 0.1) is 5.25 Å². The second-order valence-corrected chi connectivity index (χ2v) is 5.93. The van der Waals surface area contributed by atoms with Crippen molar-refractivity contribution in [2.24, 2.45) is 0 Å². The molecule has 1 aliphatic carbocycles. The van der Waals surface area contributed by atoms with Gasteiger partial charge in [0.1, 0.15) is 0 Å². The summed E-state index contributed by atoms with van der Waals surface area (Å²) in [5.41, 5.74) is 0. The Bertz CT molecular complexity index is 184. The maximum Gasteiger partial charge on any atom is 0.0501 e. The van der Waals surface area contributed by atoms with Gasteiger partial charge in [0.15, 0.2) is 0 Å². The molecule has 3 atom stereocenters. The Kier molecular flexibility index (Phi) is 5.71. The molecule has 0 radical (unpaired) electrons. The van der Waals surface area contributed by atoms with Gasteiger partial charge in [-0.1, -0.05) is 26.2 Å². The Labute approximate surface area is 90.3 Å². The standard InChI is InChI=1S/C11H23NOS/c1-3-9-14(13)11-8-6-4-5-7-10(11)12-2/h10-12H,3-9H2,1-2H3. The molecule has 3 heteroatoms. The molecule has 1 rings (SSSR count). The average molecular weight is 217 g/mol. The van der Waals surface area contributed by atoms with Gasteiger partial charge in [-0.2, -0.15) is 0 Å². The van der Waals surface area contributed by atoms with Gasteiger partial charge in [-0.05, 0) is 26.3 Å². The van der Waals surface area contributed by atoms with Crippen LogP contribution in [0.2, 0.25) is 0 Å². The monoisotopic (exact) mass is 217 g/mol. The quantitative estimate of drug-likeness (QED) is 0.730. The van der Waals surface area contributed by atoms with Crippen LogP contribution in [-0.2, 0) is 10.8 Å². The molecule has 0 bridgehead atoms. The van der Waals surface area contributed by atoms with Crippen molar-refractivity contribution in [2.75, 3.05) is 12.8 Å². The molecule has 1 N–H and O–H groups in total. The molecule has 0 heterocycles. The fraction of sp³-hybridized carbons (Fsp3) is 1.00. The lowest BCUT2D eigenvalue weighted by atomic mass is 10.1. The predicted molar refractivity (Wildman–Crippen MR) is 63.0 cm³/mol. The van der Waals surface area contributed by atoms with Crippen LogP contribution < -0.4 is 5.32 Å². The van der Waals surface area contributed by atoms with Gasteiger partial charge in [-0.3, -0.25) is 4.21 Å². The molecule has 1 aliphatic rings. The maximum atomic E-state index is 12.0. The number of nitrogens with one attached hydrogen (secondary N) is 1. The molecule has 0 spiro atoms. The van der Waals surface area contributed by atoms with Crippen molar-refractivity contribution in [1.82, 2.24) is 5.32 Å². The molecule has 0 amide bonds. The first kappa shape index (κ1) is 12.2. The first-order valence-corrected chi connectivity index (χ1v) is 7.22. The lowest BCUT2D eigenvalue weighted by Crippen LogP contribution is -2.40. The van der Waals surface area contributed by atoms with E-state index in [4.69, 9.17) is 0 Å². The summed E-state index contributed by atoms with van der Waals surface area (Å²) < 4.78 is 12.0. The minimum absolute atomic E-state index is 0.405. The van der Waals surface area contributed by atoms with E-state index in [0.717, 1.165) is 18.6 Å². The SMILES string of the molecule is CCCS(=O)C1CCCCCC1NC. The topological polar surface area (TPSA) is 29.1 Å². The largest absolute Gasteiger partial charge is 0.316 e. The van der Waals surface area contributed by atoms with Crippen molar-refractivity contribution in [3.8, 4) is 0 Å². The Morgan fingerprint density at radius 2 is 2.00 bits per heavy atom. The Morgan fingerprint density at radius 3 is 2.64 bits per heavy atom. The van der Waals surface area contributed by atoms with Gasteiger partial charge in [0.2, 0.25) is 0 Å². The van der Waals surface area contributed by atoms with Gasteiger partial charge in [0, 0.05) is 22.6 Å². The van der Waals surface area contributed by atoms with Crippen molar-refractivity contribution in [2.45, 2.75) is 56.7 Å². The van der Waals surface area contributed by atoms with E-state index in [1.54, 1.807) is 0 Å². The number of hydrogen-bond acceptors (Lipinski definition) is 2. The first-order valence-electron chi connectivity index (χ1n) is 5.84. The predicted octanol–water partition coefficient (Wildman–Crippen LogP) is 2.07. The van der Waals surface area contributed by atoms with Crippen molar-refractivity contribution in [3.05, 3.63) is 0 Å². The fourth-order valence-electron chi connectivity index (χ4n) is 2.27. The lowest BCUT2D eigenvalue weighted by molar-refractivity contribution is 0.499. The second-order valence-electron chi connectivity index (χ2n) is 4.16. The Hall–Kier alpha value is 0.110. The minimum atomic E-state index is -0.610. The molecular formula is C11H23NOS. The highest BCUT2D eigenvalue weighted by atomic mass is 32.2. The molecule has 0 aromatic rings. The van der Waals surface area contributed by atoms with Gasteiger partial charge < -0.3 is 5.32 Å². The summed E-state index contributed by atoms with van der Waals surface area (Å²) in [6, 6.07) is 0.491. The third-order valence-corrected chi connectivity index (χ3v) is 5.12. The minimum Gasteiger partial charge on any atom is -0.316 e. The van der Waals surface area contributed by atoms with Crippen LogP contribution in [-0.4, -0.2) is 28.3 Å². The average Bonchev–Trinajstić information content (AvgIpc) is 2.42. The normalized spacial score (nSPS) is 31.0. The van der Waals surface area contributed by atoms with Crippen molar-refractivity contribution < 1.29 is 4.21 Å². The van der Waals surface area contributed by atoms with E-state index in [1.807, 2.05) is 7.05 Å². The second kappa shape index (κ2) is 6.57. The van der Waals surface area contributed by atoms with Gasteiger partial charge in [-0.15, -0.1) is 0 Å². The molecule has 3 unspecified atom stereocenters. The smallest absolute Gasteiger partial charge is 0.0501 e. The summed E-state index contributed by atoms with van der Waals surface area (Å²) >= 11 is 0. The molecule has 1 saturated carbocycles. The molecule has 0 aromatic heterocycles. The number of rotatable bonds is 4. The summed E-state index contributed by atoms with van der Waals surface area (Å²) in [5, 5.41) is 3.75. The third kappa shape index (κ3) is 3.35. The van der Waals surface area contributed by atoms with Crippen LogP contribution in [0.5, 0.6) is 0 Å². The summed E-state index contributed by atoms with van der Waals surface area (Å²) in [6.45, 7) is 2.11. The highest BCUT2D eigenvalue weighted by Gasteiger charge is 2.26. The molecule has 84 valence electrons. The lowest BCUT2D eigenvalue weighted by Gasteiger charge is -2.23. The van der Waals surface area contributed by atoms with Gasteiger partial charge in [0.25, 0.3) is 0 Å². The first-order chi connectivity index (χ1) is 6.79.